The zero-order chi connectivity index (χ0) is 9.90. The predicted octanol–water partition coefficient (Wildman–Crippen LogP) is 0.351. The summed E-state index contributed by atoms with van der Waals surface area (Å²) in [5.41, 5.74) is 0. The number of ether oxygens (including phenoxy) is 1. The molecule has 1 rings (SSSR count). The molecule has 1 N–H and O–H groups in total. The van der Waals surface area contributed by atoms with E-state index in [1.54, 1.807) is 7.11 Å². The number of methoxy groups -OCH3 is 1. The third-order valence-corrected chi connectivity index (χ3v) is 3.66. The maximum atomic E-state index is 11.3. The number of hydrogen-bond acceptors (Lipinski definition) is 3. The first-order chi connectivity index (χ1) is 6.03. The van der Waals surface area contributed by atoms with Crippen molar-refractivity contribution < 1.29 is 13.2 Å². The summed E-state index contributed by atoms with van der Waals surface area (Å²) in [5.74, 6) is 0.680. The summed E-state index contributed by atoms with van der Waals surface area (Å²) in [6.45, 7) is 2.20. The van der Waals surface area contributed by atoms with Gasteiger partial charge in [0.1, 0.15) is 0 Å². The molecule has 1 fully saturated rings. The molecule has 0 aromatic rings. The van der Waals surface area contributed by atoms with Gasteiger partial charge in [-0.25, -0.2) is 13.1 Å². The van der Waals surface area contributed by atoms with Crippen molar-refractivity contribution in [3.05, 3.63) is 0 Å². The average Bonchev–Trinajstić information content (AvgIpc) is 2.83. The van der Waals surface area contributed by atoms with Crippen LogP contribution in [0.2, 0.25) is 0 Å². The Morgan fingerprint density at radius 3 is 2.62 bits per heavy atom. The zero-order valence-corrected chi connectivity index (χ0v) is 8.93. The molecule has 5 heteroatoms. The van der Waals surface area contributed by atoms with Crippen molar-refractivity contribution >= 4 is 10.0 Å². The van der Waals surface area contributed by atoms with E-state index in [4.69, 9.17) is 4.74 Å². The second kappa shape index (κ2) is 4.39. The van der Waals surface area contributed by atoms with Crippen LogP contribution in [0.1, 0.15) is 19.8 Å². The standard InChI is InChI=1S/C8H17NO3S/c1-7(12-2)5-9-13(10,11)6-8-3-4-8/h7-9H,3-6H2,1-2H3. The lowest BCUT2D eigenvalue weighted by Gasteiger charge is -2.10. The molecule has 1 aliphatic rings. The van der Waals surface area contributed by atoms with Crippen molar-refractivity contribution in [2.75, 3.05) is 19.4 Å². The first-order valence-electron chi connectivity index (χ1n) is 4.53. The monoisotopic (exact) mass is 207 g/mol. The van der Waals surface area contributed by atoms with Gasteiger partial charge in [-0.1, -0.05) is 0 Å². The van der Waals surface area contributed by atoms with Crippen molar-refractivity contribution in [2.45, 2.75) is 25.9 Å². The van der Waals surface area contributed by atoms with Crippen LogP contribution >= 0.6 is 0 Å². The van der Waals surface area contributed by atoms with Gasteiger partial charge in [0.15, 0.2) is 0 Å². The van der Waals surface area contributed by atoms with Crippen molar-refractivity contribution in [3.63, 3.8) is 0 Å². The summed E-state index contributed by atoms with van der Waals surface area (Å²) < 4.78 is 30.1. The van der Waals surface area contributed by atoms with Crippen molar-refractivity contribution in [2.24, 2.45) is 5.92 Å². The van der Waals surface area contributed by atoms with E-state index >= 15 is 0 Å². The van der Waals surface area contributed by atoms with Crippen LogP contribution in [0.15, 0.2) is 0 Å². The molecule has 0 spiro atoms. The Morgan fingerprint density at radius 1 is 1.54 bits per heavy atom. The summed E-state index contributed by atoms with van der Waals surface area (Å²) in [6.07, 6.45) is 2.05. The van der Waals surface area contributed by atoms with Gasteiger partial charge in [0, 0.05) is 13.7 Å². The molecule has 0 saturated heterocycles. The Morgan fingerprint density at radius 2 is 2.15 bits per heavy atom. The Bertz CT molecular complexity index is 246. The molecule has 0 aromatic carbocycles. The molecule has 0 heterocycles. The molecule has 0 radical (unpaired) electrons. The molecule has 0 bridgehead atoms. The third-order valence-electron chi connectivity index (χ3n) is 2.15. The van der Waals surface area contributed by atoms with Crippen LogP contribution in [0.4, 0.5) is 0 Å². The second-order valence-electron chi connectivity index (χ2n) is 3.62. The van der Waals surface area contributed by atoms with E-state index in [1.807, 2.05) is 6.92 Å². The molecule has 1 aliphatic carbocycles. The first kappa shape index (κ1) is 10.9. The third kappa shape index (κ3) is 4.59. The minimum Gasteiger partial charge on any atom is -0.380 e. The molecule has 0 aromatic heterocycles. The quantitative estimate of drug-likeness (QED) is 0.684. The van der Waals surface area contributed by atoms with Gasteiger partial charge in [0.25, 0.3) is 0 Å². The fraction of sp³-hybridized carbons (Fsp3) is 1.00. The van der Waals surface area contributed by atoms with Crippen molar-refractivity contribution in [1.82, 2.24) is 4.72 Å². The summed E-state index contributed by atoms with van der Waals surface area (Å²) >= 11 is 0. The van der Waals surface area contributed by atoms with E-state index in [9.17, 15) is 8.42 Å². The molecule has 1 unspecified atom stereocenters. The van der Waals surface area contributed by atoms with E-state index in [0.29, 0.717) is 12.5 Å². The van der Waals surface area contributed by atoms with Crippen LogP contribution in [0.25, 0.3) is 0 Å². The zero-order valence-electron chi connectivity index (χ0n) is 8.12. The fourth-order valence-electron chi connectivity index (χ4n) is 0.981. The van der Waals surface area contributed by atoms with E-state index in [1.165, 1.54) is 0 Å². The number of sulfonamides is 1. The molecule has 1 saturated carbocycles. The number of hydrogen-bond donors (Lipinski definition) is 1. The topological polar surface area (TPSA) is 55.4 Å². The molecule has 13 heavy (non-hydrogen) atoms. The number of nitrogens with one attached hydrogen (secondary N) is 1. The maximum absolute atomic E-state index is 11.3. The molecular formula is C8H17NO3S. The lowest BCUT2D eigenvalue weighted by Crippen LogP contribution is -2.33. The van der Waals surface area contributed by atoms with Crippen LogP contribution in [0.5, 0.6) is 0 Å². The Labute approximate surface area is 79.7 Å². The normalized spacial score (nSPS) is 20.2. The van der Waals surface area contributed by atoms with E-state index in [0.717, 1.165) is 12.8 Å². The highest BCUT2D eigenvalue weighted by molar-refractivity contribution is 7.89. The minimum absolute atomic E-state index is 0.0611. The molecule has 0 amide bonds. The van der Waals surface area contributed by atoms with Crippen LogP contribution in [0, 0.1) is 5.92 Å². The van der Waals surface area contributed by atoms with Gasteiger partial charge in [0.05, 0.1) is 11.9 Å². The molecule has 1 atom stereocenters. The van der Waals surface area contributed by atoms with E-state index in [2.05, 4.69) is 4.72 Å². The van der Waals surface area contributed by atoms with Crippen LogP contribution < -0.4 is 4.72 Å². The van der Waals surface area contributed by atoms with Crippen LogP contribution in [-0.4, -0.2) is 33.9 Å². The Kier molecular flexibility index (Phi) is 3.70. The lowest BCUT2D eigenvalue weighted by atomic mass is 10.4. The van der Waals surface area contributed by atoms with E-state index < -0.39 is 10.0 Å². The highest BCUT2D eigenvalue weighted by Crippen LogP contribution is 2.29. The van der Waals surface area contributed by atoms with Gasteiger partial charge < -0.3 is 4.74 Å². The Balaban J connectivity index is 2.24. The minimum atomic E-state index is -3.05. The molecule has 4 nitrogen and oxygen atoms in total. The van der Waals surface area contributed by atoms with Crippen LogP contribution in [0.3, 0.4) is 0 Å². The first-order valence-corrected chi connectivity index (χ1v) is 6.19. The summed E-state index contributed by atoms with van der Waals surface area (Å²) in [7, 11) is -1.48. The van der Waals surface area contributed by atoms with Gasteiger partial charge in [0.2, 0.25) is 10.0 Å². The van der Waals surface area contributed by atoms with Crippen molar-refractivity contribution in [1.29, 1.82) is 0 Å². The highest BCUT2D eigenvalue weighted by atomic mass is 32.2. The Hall–Kier alpha value is -0.130. The highest BCUT2D eigenvalue weighted by Gasteiger charge is 2.27. The average molecular weight is 207 g/mol. The van der Waals surface area contributed by atoms with Gasteiger partial charge in [-0.05, 0) is 25.7 Å². The van der Waals surface area contributed by atoms with Gasteiger partial charge in [-0.3, -0.25) is 0 Å². The summed E-state index contributed by atoms with van der Waals surface area (Å²) in [6, 6.07) is 0. The largest absolute Gasteiger partial charge is 0.380 e. The SMILES string of the molecule is COC(C)CNS(=O)(=O)CC1CC1. The van der Waals surface area contributed by atoms with Gasteiger partial charge >= 0.3 is 0 Å². The maximum Gasteiger partial charge on any atom is 0.211 e. The molecule has 78 valence electrons. The second-order valence-corrected chi connectivity index (χ2v) is 5.47. The summed E-state index contributed by atoms with van der Waals surface area (Å²) in [5, 5.41) is 0. The lowest BCUT2D eigenvalue weighted by molar-refractivity contribution is 0.122. The van der Waals surface area contributed by atoms with Crippen molar-refractivity contribution in [3.8, 4) is 0 Å². The fourth-order valence-corrected chi connectivity index (χ4v) is 2.54. The summed E-state index contributed by atoms with van der Waals surface area (Å²) in [4.78, 5) is 0. The smallest absolute Gasteiger partial charge is 0.211 e. The van der Waals surface area contributed by atoms with Crippen LogP contribution in [-0.2, 0) is 14.8 Å². The molecular weight excluding hydrogens is 190 g/mol. The van der Waals surface area contributed by atoms with Gasteiger partial charge in [-0.2, -0.15) is 0 Å². The molecule has 0 aliphatic heterocycles. The number of rotatable bonds is 6. The van der Waals surface area contributed by atoms with E-state index in [-0.39, 0.29) is 11.9 Å². The predicted molar refractivity (Wildman–Crippen MR) is 51.0 cm³/mol. The van der Waals surface area contributed by atoms with Gasteiger partial charge in [-0.15, -0.1) is 0 Å².